The predicted molar refractivity (Wildman–Crippen MR) is 47.7 cm³/mol. The average molecular weight is 192 g/mol. The fraction of sp³-hybridized carbons (Fsp3) is 1.00. The second-order valence-electron chi connectivity index (χ2n) is 3.70. The number of hydrogen-bond donors (Lipinski definition) is 1. The molecule has 1 atom stereocenters. The largest absolute Gasteiger partial charge is 0.392 e. The molecule has 3 nitrogen and oxygen atoms in total. The second kappa shape index (κ2) is 3.75. The summed E-state index contributed by atoms with van der Waals surface area (Å²) < 4.78 is 21.7. The lowest BCUT2D eigenvalue weighted by molar-refractivity contribution is 0.132. The van der Waals surface area contributed by atoms with E-state index in [0.717, 1.165) is 25.7 Å². The van der Waals surface area contributed by atoms with Gasteiger partial charge in [0.25, 0.3) is 0 Å². The van der Waals surface area contributed by atoms with Crippen LogP contribution in [0.25, 0.3) is 0 Å². The van der Waals surface area contributed by atoms with Gasteiger partial charge in [-0.3, -0.25) is 0 Å². The van der Waals surface area contributed by atoms with Crippen molar-refractivity contribution in [3.05, 3.63) is 0 Å². The van der Waals surface area contributed by atoms with Gasteiger partial charge in [-0.15, -0.1) is 0 Å². The zero-order chi connectivity index (χ0) is 9.19. The molecule has 0 radical (unpaired) electrons. The van der Waals surface area contributed by atoms with Crippen LogP contribution in [0.15, 0.2) is 0 Å². The van der Waals surface area contributed by atoms with Crippen molar-refractivity contribution >= 4 is 9.84 Å². The summed E-state index contributed by atoms with van der Waals surface area (Å²) in [6.45, 7) is 0. The highest BCUT2D eigenvalue weighted by Gasteiger charge is 2.25. The second-order valence-corrected chi connectivity index (χ2v) is 5.89. The van der Waals surface area contributed by atoms with Crippen LogP contribution in [0.1, 0.15) is 25.7 Å². The van der Waals surface area contributed by atoms with Crippen molar-refractivity contribution in [3.63, 3.8) is 0 Å². The highest BCUT2D eigenvalue weighted by Crippen LogP contribution is 2.28. The van der Waals surface area contributed by atoms with E-state index in [1.165, 1.54) is 6.26 Å². The van der Waals surface area contributed by atoms with Gasteiger partial charge in [-0.2, -0.15) is 0 Å². The van der Waals surface area contributed by atoms with Crippen molar-refractivity contribution in [2.45, 2.75) is 31.8 Å². The Labute approximate surface area is 73.7 Å². The summed E-state index contributed by atoms with van der Waals surface area (Å²) in [6.07, 6.45) is 4.76. The van der Waals surface area contributed by atoms with Crippen LogP contribution < -0.4 is 0 Å². The van der Waals surface area contributed by atoms with Crippen molar-refractivity contribution in [3.8, 4) is 0 Å². The highest BCUT2D eigenvalue weighted by atomic mass is 32.2. The Morgan fingerprint density at radius 2 is 1.92 bits per heavy atom. The molecule has 72 valence electrons. The number of rotatable bonds is 3. The van der Waals surface area contributed by atoms with E-state index in [1.807, 2.05) is 0 Å². The first kappa shape index (κ1) is 9.99. The third kappa shape index (κ3) is 3.11. The maximum absolute atomic E-state index is 10.8. The van der Waals surface area contributed by atoms with E-state index in [-0.39, 0.29) is 11.7 Å². The molecule has 4 heteroatoms. The normalized spacial score (nSPS) is 22.8. The van der Waals surface area contributed by atoms with Gasteiger partial charge in [0, 0.05) is 6.26 Å². The molecule has 0 unspecified atom stereocenters. The van der Waals surface area contributed by atoms with Crippen LogP contribution in [-0.4, -0.2) is 31.6 Å². The molecule has 0 aliphatic heterocycles. The van der Waals surface area contributed by atoms with Crippen LogP contribution in [0.2, 0.25) is 0 Å². The van der Waals surface area contributed by atoms with Crippen LogP contribution in [0.4, 0.5) is 0 Å². The van der Waals surface area contributed by atoms with E-state index < -0.39 is 15.9 Å². The molecule has 0 aromatic heterocycles. The Balaban J connectivity index is 2.42. The Hall–Kier alpha value is -0.0900. The van der Waals surface area contributed by atoms with E-state index >= 15 is 0 Å². The van der Waals surface area contributed by atoms with E-state index in [9.17, 15) is 13.5 Å². The Morgan fingerprint density at radius 3 is 2.33 bits per heavy atom. The zero-order valence-electron chi connectivity index (χ0n) is 7.36. The molecule has 0 aromatic carbocycles. The minimum atomic E-state index is -3.01. The molecule has 0 saturated heterocycles. The SMILES string of the molecule is CS(=O)(=O)C[C@@H](O)C1CCCC1. The lowest BCUT2D eigenvalue weighted by Crippen LogP contribution is -2.26. The molecule has 0 heterocycles. The first-order chi connectivity index (χ1) is 5.49. The minimum absolute atomic E-state index is 0.0718. The van der Waals surface area contributed by atoms with Crippen LogP contribution >= 0.6 is 0 Å². The van der Waals surface area contributed by atoms with Gasteiger partial charge in [-0.25, -0.2) is 8.42 Å². The van der Waals surface area contributed by atoms with Crippen LogP contribution in [-0.2, 0) is 9.84 Å². The van der Waals surface area contributed by atoms with Crippen molar-refractivity contribution in [1.29, 1.82) is 0 Å². The van der Waals surface area contributed by atoms with Crippen molar-refractivity contribution in [2.24, 2.45) is 5.92 Å². The summed E-state index contributed by atoms with van der Waals surface area (Å²) in [5.74, 6) is 0.150. The number of sulfone groups is 1. The van der Waals surface area contributed by atoms with Crippen molar-refractivity contribution in [2.75, 3.05) is 12.0 Å². The molecular weight excluding hydrogens is 176 g/mol. The lowest BCUT2D eigenvalue weighted by atomic mass is 10.0. The zero-order valence-corrected chi connectivity index (χ0v) is 8.18. The molecule has 1 aliphatic rings. The Bertz CT molecular complexity index is 227. The molecule has 0 spiro atoms. The summed E-state index contributed by atoms with van der Waals surface area (Å²) in [5, 5.41) is 9.51. The molecule has 0 amide bonds. The van der Waals surface area contributed by atoms with E-state index in [1.54, 1.807) is 0 Å². The lowest BCUT2D eigenvalue weighted by Gasteiger charge is -2.15. The van der Waals surface area contributed by atoms with E-state index in [0.29, 0.717) is 0 Å². The summed E-state index contributed by atoms with van der Waals surface area (Å²) in [7, 11) is -3.01. The van der Waals surface area contributed by atoms with Gasteiger partial charge in [0.05, 0.1) is 11.9 Å². The van der Waals surface area contributed by atoms with Crippen LogP contribution in [0, 0.1) is 5.92 Å². The number of aliphatic hydroxyl groups is 1. The molecule has 1 N–H and O–H groups in total. The van der Waals surface area contributed by atoms with Crippen LogP contribution in [0.5, 0.6) is 0 Å². The fourth-order valence-corrected chi connectivity index (χ4v) is 2.68. The standard InChI is InChI=1S/C8H16O3S/c1-12(10,11)6-8(9)7-4-2-3-5-7/h7-9H,2-6H2,1H3/t8-/m1/s1. The third-order valence-corrected chi connectivity index (χ3v) is 3.36. The minimum Gasteiger partial charge on any atom is -0.392 e. The van der Waals surface area contributed by atoms with Gasteiger partial charge in [-0.1, -0.05) is 12.8 Å². The van der Waals surface area contributed by atoms with Crippen molar-refractivity contribution in [1.82, 2.24) is 0 Å². The van der Waals surface area contributed by atoms with Gasteiger partial charge in [0.15, 0.2) is 0 Å². The monoisotopic (exact) mass is 192 g/mol. The molecule has 1 rings (SSSR count). The first-order valence-electron chi connectivity index (χ1n) is 4.35. The fourth-order valence-electron chi connectivity index (χ4n) is 1.79. The molecule has 12 heavy (non-hydrogen) atoms. The third-order valence-electron chi connectivity index (χ3n) is 2.42. The summed E-state index contributed by atoms with van der Waals surface area (Å²) in [6, 6.07) is 0. The van der Waals surface area contributed by atoms with Gasteiger partial charge >= 0.3 is 0 Å². The number of hydrogen-bond acceptors (Lipinski definition) is 3. The molecular formula is C8H16O3S. The number of aliphatic hydroxyl groups excluding tert-OH is 1. The Morgan fingerprint density at radius 1 is 1.42 bits per heavy atom. The molecule has 0 aromatic rings. The Kier molecular flexibility index (Phi) is 3.12. The summed E-state index contributed by atoms with van der Waals surface area (Å²) in [4.78, 5) is 0. The topological polar surface area (TPSA) is 54.4 Å². The molecule has 0 bridgehead atoms. The van der Waals surface area contributed by atoms with E-state index in [4.69, 9.17) is 0 Å². The summed E-state index contributed by atoms with van der Waals surface area (Å²) >= 11 is 0. The molecule has 1 saturated carbocycles. The summed E-state index contributed by atoms with van der Waals surface area (Å²) in [5.41, 5.74) is 0. The van der Waals surface area contributed by atoms with Gasteiger partial charge in [0.1, 0.15) is 9.84 Å². The maximum atomic E-state index is 10.8. The van der Waals surface area contributed by atoms with E-state index in [2.05, 4.69) is 0 Å². The van der Waals surface area contributed by atoms with Crippen molar-refractivity contribution < 1.29 is 13.5 Å². The van der Waals surface area contributed by atoms with Gasteiger partial charge in [0.2, 0.25) is 0 Å². The van der Waals surface area contributed by atoms with Gasteiger partial charge < -0.3 is 5.11 Å². The smallest absolute Gasteiger partial charge is 0.150 e. The van der Waals surface area contributed by atoms with Gasteiger partial charge in [-0.05, 0) is 18.8 Å². The predicted octanol–water partition coefficient (Wildman–Crippen LogP) is 0.582. The molecule has 1 fully saturated rings. The maximum Gasteiger partial charge on any atom is 0.150 e. The molecule has 1 aliphatic carbocycles. The first-order valence-corrected chi connectivity index (χ1v) is 6.41. The highest BCUT2D eigenvalue weighted by molar-refractivity contribution is 7.90. The average Bonchev–Trinajstić information content (AvgIpc) is 2.32. The van der Waals surface area contributed by atoms with Crippen LogP contribution in [0.3, 0.4) is 0 Å². The quantitative estimate of drug-likeness (QED) is 0.711.